The van der Waals surface area contributed by atoms with E-state index >= 15 is 0 Å². The highest BCUT2D eigenvalue weighted by Crippen LogP contribution is 2.25. The number of nitrogens with two attached hydrogens (primary N) is 1. The van der Waals surface area contributed by atoms with Crippen LogP contribution in [0.25, 0.3) is 11.1 Å². The first-order chi connectivity index (χ1) is 8.83. The molecule has 1 aliphatic heterocycles. The highest BCUT2D eigenvalue weighted by molar-refractivity contribution is 5.63. The molecule has 0 amide bonds. The van der Waals surface area contributed by atoms with Crippen molar-refractivity contribution < 1.29 is 0 Å². The zero-order valence-corrected chi connectivity index (χ0v) is 10.1. The molecular weight excluding hydrogens is 220 g/mol. The Morgan fingerprint density at radius 1 is 0.889 bits per heavy atom. The van der Waals surface area contributed by atoms with Gasteiger partial charge in [-0.05, 0) is 22.8 Å². The fourth-order valence-corrected chi connectivity index (χ4v) is 2.33. The van der Waals surface area contributed by atoms with E-state index in [1.165, 1.54) is 16.7 Å². The van der Waals surface area contributed by atoms with E-state index < -0.39 is 0 Å². The fourth-order valence-electron chi connectivity index (χ4n) is 2.33. The summed E-state index contributed by atoms with van der Waals surface area (Å²) in [4.78, 5) is 0. The number of benzene rings is 2. The van der Waals surface area contributed by atoms with Gasteiger partial charge in [-0.15, -0.1) is 0 Å². The summed E-state index contributed by atoms with van der Waals surface area (Å²) < 4.78 is 0. The molecule has 0 saturated carbocycles. The standard InChI is InChI=1S/C16H16N2/c17-16-10-15(11-18-16)14-8-6-13(7-9-14)12-4-2-1-3-5-12/h1-10,15,18H,11,17H2/t15-/m1/s1. The van der Waals surface area contributed by atoms with E-state index in [0.29, 0.717) is 5.92 Å². The molecule has 1 heterocycles. The van der Waals surface area contributed by atoms with Gasteiger partial charge in [0.1, 0.15) is 0 Å². The largest absolute Gasteiger partial charge is 0.386 e. The first-order valence-electron chi connectivity index (χ1n) is 6.19. The van der Waals surface area contributed by atoms with E-state index in [1.807, 2.05) is 6.07 Å². The Balaban J connectivity index is 1.86. The van der Waals surface area contributed by atoms with E-state index in [2.05, 4.69) is 59.9 Å². The van der Waals surface area contributed by atoms with Gasteiger partial charge in [-0.3, -0.25) is 0 Å². The average molecular weight is 236 g/mol. The maximum Gasteiger partial charge on any atom is 0.0926 e. The summed E-state index contributed by atoms with van der Waals surface area (Å²) in [6.07, 6.45) is 2.08. The van der Waals surface area contributed by atoms with Crippen LogP contribution < -0.4 is 11.1 Å². The highest BCUT2D eigenvalue weighted by atomic mass is 15.0. The lowest BCUT2D eigenvalue weighted by atomic mass is 9.97. The Bertz CT molecular complexity index is 555. The molecule has 2 aromatic carbocycles. The molecule has 0 spiro atoms. The Labute approximate surface area is 107 Å². The third kappa shape index (κ3) is 2.09. The molecule has 0 aliphatic carbocycles. The predicted molar refractivity (Wildman–Crippen MR) is 74.9 cm³/mol. The quantitative estimate of drug-likeness (QED) is 0.841. The van der Waals surface area contributed by atoms with Gasteiger partial charge < -0.3 is 11.1 Å². The zero-order chi connectivity index (χ0) is 12.4. The van der Waals surface area contributed by atoms with Gasteiger partial charge in [-0.2, -0.15) is 0 Å². The highest BCUT2D eigenvalue weighted by Gasteiger charge is 2.14. The van der Waals surface area contributed by atoms with Crippen LogP contribution in [0, 0.1) is 0 Å². The van der Waals surface area contributed by atoms with Crippen molar-refractivity contribution in [1.29, 1.82) is 0 Å². The maximum atomic E-state index is 5.73. The first-order valence-corrected chi connectivity index (χ1v) is 6.19. The molecule has 0 radical (unpaired) electrons. The van der Waals surface area contributed by atoms with Gasteiger partial charge in [-0.25, -0.2) is 0 Å². The molecule has 0 saturated heterocycles. The Hall–Kier alpha value is -2.22. The molecule has 18 heavy (non-hydrogen) atoms. The lowest BCUT2D eigenvalue weighted by Gasteiger charge is -2.08. The normalized spacial score (nSPS) is 18.2. The number of hydrogen-bond donors (Lipinski definition) is 2. The molecule has 3 rings (SSSR count). The van der Waals surface area contributed by atoms with Crippen molar-refractivity contribution in [2.75, 3.05) is 6.54 Å². The summed E-state index contributed by atoms with van der Waals surface area (Å²) in [6, 6.07) is 19.1. The van der Waals surface area contributed by atoms with Crippen molar-refractivity contribution in [2.24, 2.45) is 5.73 Å². The molecule has 0 bridgehead atoms. The smallest absolute Gasteiger partial charge is 0.0926 e. The van der Waals surface area contributed by atoms with Crippen LogP contribution in [0.4, 0.5) is 0 Å². The van der Waals surface area contributed by atoms with E-state index in [0.717, 1.165) is 12.4 Å². The van der Waals surface area contributed by atoms with Gasteiger partial charge in [0.05, 0.1) is 5.82 Å². The monoisotopic (exact) mass is 236 g/mol. The molecule has 3 N–H and O–H groups in total. The second-order valence-corrected chi connectivity index (χ2v) is 4.60. The number of nitrogens with one attached hydrogen (secondary N) is 1. The van der Waals surface area contributed by atoms with Gasteiger partial charge in [0.2, 0.25) is 0 Å². The van der Waals surface area contributed by atoms with Crippen molar-refractivity contribution >= 4 is 0 Å². The number of rotatable bonds is 2. The SMILES string of the molecule is NC1=C[C@@H](c2ccc(-c3ccccc3)cc2)CN1. The molecule has 1 aliphatic rings. The lowest BCUT2D eigenvalue weighted by molar-refractivity contribution is 0.791. The summed E-state index contributed by atoms with van der Waals surface area (Å²) in [5.74, 6) is 1.18. The third-order valence-electron chi connectivity index (χ3n) is 3.35. The summed E-state index contributed by atoms with van der Waals surface area (Å²) in [5.41, 5.74) is 9.55. The van der Waals surface area contributed by atoms with Crippen LogP contribution in [-0.2, 0) is 0 Å². The second-order valence-electron chi connectivity index (χ2n) is 4.60. The van der Waals surface area contributed by atoms with Gasteiger partial charge in [-0.1, -0.05) is 54.6 Å². The van der Waals surface area contributed by atoms with Gasteiger partial charge in [0, 0.05) is 12.5 Å². The molecule has 1 atom stereocenters. The Morgan fingerprint density at radius 3 is 2.17 bits per heavy atom. The molecule has 2 heteroatoms. The molecule has 90 valence electrons. The lowest BCUT2D eigenvalue weighted by Crippen LogP contribution is -2.15. The fraction of sp³-hybridized carbons (Fsp3) is 0.125. The van der Waals surface area contributed by atoms with Crippen LogP contribution in [-0.4, -0.2) is 6.54 Å². The van der Waals surface area contributed by atoms with E-state index in [9.17, 15) is 0 Å². The van der Waals surface area contributed by atoms with E-state index in [1.54, 1.807) is 0 Å². The Morgan fingerprint density at radius 2 is 1.56 bits per heavy atom. The van der Waals surface area contributed by atoms with Crippen LogP contribution in [0.5, 0.6) is 0 Å². The maximum absolute atomic E-state index is 5.73. The van der Waals surface area contributed by atoms with Crippen molar-refractivity contribution in [3.63, 3.8) is 0 Å². The molecule has 0 fully saturated rings. The predicted octanol–water partition coefficient (Wildman–Crippen LogP) is 2.84. The molecule has 0 unspecified atom stereocenters. The molecule has 2 aromatic rings. The molecule has 0 aromatic heterocycles. The zero-order valence-electron chi connectivity index (χ0n) is 10.1. The topological polar surface area (TPSA) is 38.0 Å². The number of hydrogen-bond acceptors (Lipinski definition) is 2. The first kappa shape index (κ1) is 10.9. The van der Waals surface area contributed by atoms with Crippen LogP contribution in [0.15, 0.2) is 66.5 Å². The van der Waals surface area contributed by atoms with Gasteiger partial charge >= 0.3 is 0 Å². The molecule has 2 nitrogen and oxygen atoms in total. The summed E-state index contributed by atoms with van der Waals surface area (Å²) in [5, 5.41) is 3.15. The summed E-state index contributed by atoms with van der Waals surface area (Å²) in [7, 11) is 0. The van der Waals surface area contributed by atoms with Crippen LogP contribution in [0.2, 0.25) is 0 Å². The molecular formula is C16H16N2. The van der Waals surface area contributed by atoms with Crippen LogP contribution in [0.3, 0.4) is 0 Å². The average Bonchev–Trinajstić information content (AvgIpc) is 2.87. The van der Waals surface area contributed by atoms with Crippen molar-refractivity contribution in [3.8, 4) is 11.1 Å². The van der Waals surface area contributed by atoms with Gasteiger partial charge in [0.25, 0.3) is 0 Å². The third-order valence-corrected chi connectivity index (χ3v) is 3.35. The van der Waals surface area contributed by atoms with Crippen molar-refractivity contribution in [3.05, 3.63) is 72.1 Å². The van der Waals surface area contributed by atoms with E-state index in [-0.39, 0.29) is 0 Å². The second kappa shape index (κ2) is 4.57. The van der Waals surface area contributed by atoms with Gasteiger partial charge in [0.15, 0.2) is 0 Å². The van der Waals surface area contributed by atoms with E-state index in [4.69, 9.17) is 5.73 Å². The minimum absolute atomic E-state index is 0.398. The van der Waals surface area contributed by atoms with Crippen LogP contribution >= 0.6 is 0 Å². The van der Waals surface area contributed by atoms with Crippen LogP contribution in [0.1, 0.15) is 11.5 Å². The van der Waals surface area contributed by atoms with Crippen molar-refractivity contribution in [1.82, 2.24) is 5.32 Å². The summed E-state index contributed by atoms with van der Waals surface area (Å²) in [6.45, 7) is 0.899. The Kier molecular flexibility index (Phi) is 2.77. The minimum Gasteiger partial charge on any atom is -0.386 e. The van der Waals surface area contributed by atoms with Crippen molar-refractivity contribution in [2.45, 2.75) is 5.92 Å². The summed E-state index contributed by atoms with van der Waals surface area (Å²) >= 11 is 0. The minimum atomic E-state index is 0.398.